The van der Waals surface area contributed by atoms with Gasteiger partial charge in [-0.05, 0) is 41.5 Å². The van der Waals surface area contributed by atoms with Crippen LogP contribution in [0.1, 0.15) is 11.1 Å². The van der Waals surface area contributed by atoms with Crippen molar-refractivity contribution in [1.82, 2.24) is 5.32 Å². The molecule has 2 rings (SSSR count). The highest BCUT2D eigenvalue weighted by Gasteiger charge is 2.01. The summed E-state index contributed by atoms with van der Waals surface area (Å²) in [5.74, 6) is 0.361. The minimum atomic E-state index is -0.236. The first-order valence-corrected chi connectivity index (χ1v) is 6.69. The van der Waals surface area contributed by atoms with E-state index in [0.717, 1.165) is 11.1 Å². The van der Waals surface area contributed by atoms with Crippen LogP contribution in [0.25, 0.3) is 6.08 Å². The fraction of sp³-hybridized carbons (Fsp3) is 0.118. The molecule has 0 aliphatic heterocycles. The molecule has 0 bridgehead atoms. The molecule has 0 unspecified atom stereocenters. The Labute approximate surface area is 128 Å². The Morgan fingerprint density at radius 3 is 2.59 bits per heavy atom. The van der Waals surface area contributed by atoms with Crippen molar-refractivity contribution >= 4 is 12.0 Å². The van der Waals surface area contributed by atoms with Crippen LogP contribution in [0.15, 0.2) is 48.5 Å². The molecular weight excluding hydrogens is 282 g/mol. The van der Waals surface area contributed by atoms with Crippen molar-refractivity contribution < 1.29 is 19.7 Å². The molecule has 0 saturated heterocycles. The van der Waals surface area contributed by atoms with Crippen LogP contribution < -0.4 is 10.1 Å². The van der Waals surface area contributed by atoms with E-state index >= 15 is 0 Å². The number of rotatable bonds is 5. The molecular formula is C17H17NO4. The molecule has 0 atom stereocenters. The van der Waals surface area contributed by atoms with Gasteiger partial charge in [-0.2, -0.15) is 0 Å². The zero-order chi connectivity index (χ0) is 15.9. The minimum absolute atomic E-state index is 0.0523. The molecule has 5 nitrogen and oxygen atoms in total. The van der Waals surface area contributed by atoms with Crippen molar-refractivity contribution in [2.45, 2.75) is 6.54 Å². The van der Waals surface area contributed by atoms with Gasteiger partial charge in [0, 0.05) is 12.6 Å². The molecule has 5 heteroatoms. The molecule has 1 amide bonds. The van der Waals surface area contributed by atoms with Crippen LogP contribution in [0.5, 0.6) is 17.2 Å². The van der Waals surface area contributed by atoms with Crippen LogP contribution in [0, 0.1) is 0 Å². The average molecular weight is 299 g/mol. The topological polar surface area (TPSA) is 78.8 Å². The highest BCUT2D eigenvalue weighted by Crippen LogP contribution is 2.26. The van der Waals surface area contributed by atoms with E-state index < -0.39 is 0 Å². The Bertz CT molecular complexity index is 678. The average Bonchev–Trinajstić information content (AvgIpc) is 2.53. The normalized spacial score (nSPS) is 10.6. The van der Waals surface area contributed by atoms with Gasteiger partial charge in [-0.1, -0.05) is 18.2 Å². The van der Waals surface area contributed by atoms with Crippen LogP contribution in [0.3, 0.4) is 0 Å². The number of hydrogen-bond acceptors (Lipinski definition) is 4. The fourth-order valence-corrected chi connectivity index (χ4v) is 1.83. The van der Waals surface area contributed by atoms with Gasteiger partial charge in [-0.25, -0.2) is 0 Å². The molecule has 3 N–H and O–H groups in total. The summed E-state index contributed by atoms with van der Waals surface area (Å²) >= 11 is 0. The number of phenolic OH excluding ortho intramolecular Hbond substituents is 2. The summed E-state index contributed by atoms with van der Waals surface area (Å²) in [4.78, 5) is 11.8. The molecule has 22 heavy (non-hydrogen) atoms. The number of phenols is 2. The van der Waals surface area contributed by atoms with Gasteiger partial charge in [0.05, 0.1) is 7.11 Å². The third-order valence-corrected chi connectivity index (χ3v) is 3.03. The molecule has 0 saturated carbocycles. The van der Waals surface area contributed by atoms with Gasteiger partial charge in [0.15, 0.2) is 11.5 Å². The number of carbonyl (C=O) groups excluding carboxylic acids is 1. The summed E-state index contributed by atoms with van der Waals surface area (Å²) in [6.45, 7) is 0.377. The minimum Gasteiger partial charge on any atom is -0.508 e. The first kappa shape index (κ1) is 15.4. The van der Waals surface area contributed by atoms with Gasteiger partial charge in [0.1, 0.15) is 5.75 Å². The lowest BCUT2D eigenvalue weighted by atomic mass is 10.2. The van der Waals surface area contributed by atoms with Gasteiger partial charge in [-0.3, -0.25) is 4.79 Å². The Kier molecular flexibility index (Phi) is 5.03. The lowest BCUT2D eigenvalue weighted by molar-refractivity contribution is -0.116. The van der Waals surface area contributed by atoms with Crippen LogP contribution >= 0.6 is 0 Å². The molecule has 0 spiro atoms. The van der Waals surface area contributed by atoms with Gasteiger partial charge >= 0.3 is 0 Å². The number of ether oxygens (including phenoxy) is 1. The zero-order valence-electron chi connectivity index (χ0n) is 12.1. The van der Waals surface area contributed by atoms with E-state index in [9.17, 15) is 15.0 Å². The maximum Gasteiger partial charge on any atom is 0.244 e. The first-order valence-electron chi connectivity index (χ1n) is 6.69. The third kappa shape index (κ3) is 4.28. The second-order valence-corrected chi connectivity index (χ2v) is 4.65. The summed E-state index contributed by atoms with van der Waals surface area (Å²) in [5.41, 5.74) is 1.64. The van der Waals surface area contributed by atoms with Crippen molar-refractivity contribution in [2.24, 2.45) is 0 Å². The predicted octanol–water partition coefficient (Wildman–Crippen LogP) is 2.44. The molecule has 0 aromatic heterocycles. The Balaban J connectivity index is 1.92. The maximum absolute atomic E-state index is 11.8. The summed E-state index contributed by atoms with van der Waals surface area (Å²) in [7, 11) is 1.47. The number of aromatic hydroxyl groups is 2. The summed E-state index contributed by atoms with van der Waals surface area (Å²) < 4.78 is 5.00. The smallest absolute Gasteiger partial charge is 0.244 e. The van der Waals surface area contributed by atoms with E-state index in [1.807, 2.05) is 0 Å². The summed E-state index contributed by atoms with van der Waals surface area (Å²) in [6.07, 6.45) is 3.04. The van der Waals surface area contributed by atoms with E-state index in [1.165, 1.54) is 19.3 Å². The fourth-order valence-electron chi connectivity index (χ4n) is 1.83. The molecule has 0 radical (unpaired) electrons. The largest absolute Gasteiger partial charge is 0.508 e. The van der Waals surface area contributed by atoms with E-state index in [4.69, 9.17) is 4.74 Å². The molecule has 2 aromatic carbocycles. The lowest BCUT2D eigenvalue weighted by Crippen LogP contribution is -2.20. The van der Waals surface area contributed by atoms with Crippen molar-refractivity contribution in [1.29, 1.82) is 0 Å². The summed E-state index contributed by atoms with van der Waals surface area (Å²) in [5, 5.41) is 21.4. The second kappa shape index (κ2) is 7.17. The van der Waals surface area contributed by atoms with E-state index in [0.29, 0.717) is 12.3 Å². The van der Waals surface area contributed by atoms with Crippen LogP contribution in [-0.2, 0) is 11.3 Å². The number of nitrogens with one attached hydrogen (secondary N) is 1. The van der Waals surface area contributed by atoms with Gasteiger partial charge in [-0.15, -0.1) is 0 Å². The van der Waals surface area contributed by atoms with E-state index in [1.54, 1.807) is 42.5 Å². The molecule has 0 heterocycles. The van der Waals surface area contributed by atoms with Gasteiger partial charge in [0.2, 0.25) is 5.91 Å². The first-order chi connectivity index (χ1) is 10.6. The number of methoxy groups -OCH3 is 1. The number of hydrogen-bond donors (Lipinski definition) is 3. The Hall–Kier alpha value is -2.95. The van der Waals surface area contributed by atoms with Crippen LogP contribution in [0.2, 0.25) is 0 Å². The number of benzene rings is 2. The number of carbonyl (C=O) groups is 1. The Morgan fingerprint density at radius 1 is 1.18 bits per heavy atom. The molecule has 114 valence electrons. The van der Waals surface area contributed by atoms with Gasteiger partial charge in [0.25, 0.3) is 0 Å². The van der Waals surface area contributed by atoms with Crippen molar-refractivity contribution in [2.75, 3.05) is 7.11 Å². The second-order valence-electron chi connectivity index (χ2n) is 4.65. The standard InChI is InChI=1S/C17H17NO4/c1-22-16-10-12(4-8-15(16)20)5-9-17(21)18-11-13-2-6-14(19)7-3-13/h2-10,19-20H,11H2,1H3,(H,18,21)/b9-5+. The third-order valence-electron chi connectivity index (χ3n) is 3.03. The van der Waals surface area contributed by atoms with Crippen LogP contribution in [-0.4, -0.2) is 23.2 Å². The monoisotopic (exact) mass is 299 g/mol. The zero-order valence-corrected chi connectivity index (χ0v) is 12.1. The van der Waals surface area contributed by atoms with Crippen molar-refractivity contribution in [3.63, 3.8) is 0 Å². The Morgan fingerprint density at radius 2 is 1.91 bits per heavy atom. The molecule has 0 fully saturated rings. The molecule has 0 aliphatic carbocycles. The highest BCUT2D eigenvalue weighted by atomic mass is 16.5. The quantitative estimate of drug-likeness (QED) is 0.741. The van der Waals surface area contributed by atoms with Gasteiger partial charge < -0.3 is 20.3 Å². The van der Waals surface area contributed by atoms with E-state index in [2.05, 4.69) is 5.32 Å². The molecule has 2 aromatic rings. The van der Waals surface area contributed by atoms with Crippen LogP contribution in [0.4, 0.5) is 0 Å². The predicted molar refractivity (Wildman–Crippen MR) is 83.6 cm³/mol. The SMILES string of the molecule is COc1cc(/C=C/C(=O)NCc2ccc(O)cc2)ccc1O. The highest BCUT2D eigenvalue weighted by molar-refractivity contribution is 5.91. The lowest BCUT2D eigenvalue weighted by Gasteiger charge is -2.04. The van der Waals surface area contributed by atoms with Crippen molar-refractivity contribution in [3.05, 3.63) is 59.7 Å². The summed E-state index contributed by atoms with van der Waals surface area (Å²) in [6, 6.07) is 11.4. The maximum atomic E-state index is 11.8. The van der Waals surface area contributed by atoms with Crippen molar-refractivity contribution in [3.8, 4) is 17.2 Å². The number of amides is 1. The van der Waals surface area contributed by atoms with E-state index in [-0.39, 0.29) is 17.4 Å². The molecule has 0 aliphatic rings.